The molecule has 0 heterocycles. The van der Waals surface area contributed by atoms with Crippen molar-refractivity contribution in [2.45, 2.75) is 19.6 Å². The van der Waals surface area contributed by atoms with Crippen LogP contribution in [0.5, 0.6) is 0 Å². The van der Waals surface area contributed by atoms with E-state index in [0.29, 0.717) is 0 Å². The van der Waals surface area contributed by atoms with Gasteiger partial charge in [0.05, 0.1) is 0 Å². The standard InChI is InChI=1S/C3H11O2Si2/c1-6(2)5-7(3)4/h6-7H,1-3H3. The number of hydrogen-bond acceptors (Lipinski definition) is 1. The van der Waals surface area contributed by atoms with Crippen molar-refractivity contribution in [2.24, 2.45) is 0 Å². The zero-order chi connectivity index (χ0) is 5.86. The molecule has 1 unspecified atom stereocenters. The zero-order valence-electron chi connectivity index (χ0n) is 4.97. The Morgan fingerprint density at radius 1 is 1.29 bits per heavy atom. The van der Waals surface area contributed by atoms with Crippen LogP contribution < -0.4 is 0 Å². The minimum absolute atomic E-state index is 0.979. The van der Waals surface area contributed by atoms with Crippen LogP contribution in [0.15, 0.2) is 0 Å². The summed E-state index contributed by atoms with van der Waals surface area (Å²) < 4.78 is 4.97. The van der Waals surface area contributed by atoms with E-state index in [1.807, 2.05) is 13.1 Å². The van der Waals surface area contributed by atoms with E-state index in [2.05, 4.69) is 0 Å². The molecule has 1 radical (unpaired) electrons. The smallest absolute Gasteiger partial charge is 0.345 e. The largest absolute Gasteiger partial charge is 0.440 e. The van der Waals surface area contributed by atoms with Gasteiger partial charge in [0.1, 0.15) is 0 Å². The van der Waals surface area contributed by atoms with Gasteiger partial charge in [-0.15, -0.1) is 0 Å². The topological polar surface area (TPSA) is 29.1 Å². The van der Waals surface area contributed by atoms with Gasteiger partial charge in [0, 0.05) is 0 Å². The van der Waals surface area contributed by atoms with E-state index in [1.165, 1.54) is 0 Å². The first-order chi connectivity index (χ1) is 3.13. The Hall–Kier alpha value is 0.354. The lowest BCUT2D eigenvalue weighted by atomic mass is 11.9. The molecule has 0 spiro atoms. The maximum atomic E-state index is 10.3. The van der Waals surface area contributed by atoms with Gasteiger partial charge in [-0.25, -0.2) is 0 Å². The summed E-state index contributed by atoms with van der Waals surface area (Å²) in [7, 11) is -2.90. The fourth-order valence-corrected chi connectivity index (χ4v) is 3.45. The fourth-order valence-electron chi connectivity index (χ4n) is 0.383. The van der Waals surface area contributed by atoms with Crippen LogP contribution in [0.1, 0.15) is 0 Å². The highest BCUT2D eigenvalue weighted by Crippen LogP contribution is 1.85. The van der Waals surface area contributed by atoms with Crippen molar-refractivity contribution in [3.63, 3.8) is 0 Å². The molecule has 1 atom stereocenters. The Bertz CT molecular complexity index is 40.2. The summed E-state index contributed by atoms with van der Waals surface area (Å²) in [6.45, 7) is 5.69. The lowest BCUT2D eigenvalue weighted by Gasteiger charge is -2.04. The summed E-state index contributed by atoms with van der Waals surface area (Å²) in [6, 6.07) is 0. The summed E-state index contributed by atoms with van der Waals surface area (Å²) >= 11 is 0. The third-order valence-corrected chi connectivity index (χ3v) is 4.17. The van der Waals surface area contributed by atoms with E-state index in [-0.39, 0.29) is 0 Å². The van der Waals surface area contributed by atoms with Gasteiger partial charge in [0.15, 0.2) is 9.04 Å². The average Bonchev–Trinajstić information content (AvgIpc) is 1.27. The number of rotatable bonds is 2. The number of hydrogen-bond donors (Lipinski definition) is 0. The predicted molar refractivity (Wildman–Crippen MR) is 33.7 cm³/mol. The van der Waals surface area contributed by atoms with E-state index in [9.17, 15) is 4.80 Å². The second kappa shape index (κ2) is 3.37. The van der Waals surface area contributed by atoms with Crippen molar-refractivity contribution in [1.82, 2.24) is 0 Å². The van der Waals surface area contributed by atoms with Crippen LogP contribution in [-0.4, -0.2) is 18.3 Å². The Morgan fingerprint density at radius 3 is 1.71 bits per heavy atom. The molecule has 2 nitrogen and oxygen atoms in total. The van der Waals surface area contributed by atoms with E-state index in [0.717, 1.165) is 0 Å². The first-order valence-corrected chi connectivity index (χ1v) is 7.32. The molecule has 0 rings (SSSR count). The molecule has 0 fully saturated rings. The molecule has 0 amide bonds. The van der Waals surface area contributed by atoms with E-state index in [1.54, 1.807) is 6.55 Å². The Balaban J connectivity index is 2.95. The second-order valence-corrected chi connectivity index (χ2v) is 6.07. The highest BCUT2D eigenvalue weighted by Gasteiger charge is 2.02. The molecule has 0 aliphatic carbocycles. The van der Waals surface area contributed by atoms with Crippen LogP contribution in [0.2, 0.25) is 19.6 Å². The third-order valence-electron chi connectivity index (χ3n) is 0.464. The summed E-state index contributed by atoms with van der Waals surface area (Å²) in [6.07, 6.45) is 0. The molecule has 0 aromatic rings. The van der Waals surface area contributed by atoms with Crippen LogP contribution in [0.25, 0.3) is 0 Å². The third kappa shape index (κ3) is 6.35. The van der Waals surface area contributed by atoms with E-state index >= 15 is 0 Å². The first-order valence-electron chi connectivity index (χ1n) is 2.44. The van der Waals surface area contributed by atoms with E-state index in [4.69, 9.17) is 4.12 Å². The summed E-state index contributed by atoms with van der Waals surface area (Å²) in [5.74, 6) is 0. The van der Waals surface area contributed by atoms with Gasteiger partial charge in [-0.1, -0.05) is 0 Å². The minimum atomic E-state index is -1.92. The first kappa shape index (κ1) is 7.35. The average molecular weight is 135 g/mol. The SMILES string of the molecule is C[SiH](C)O[SiH](C)[O]. The highest BCUT2D eigenvalue weighted by molar-refractivity contribution is 6.59. The lowest BCUT2D eigenvalue weighted by molar-refractivity contribution is 0.356. The van der Waals surface area contributed by atoms with Crippen molar-refractivity contribution in [3.8, 4) is 0 Å². The second-order valence-electron chi connectivity index (χ2n) is 1.75. The molecule has 0 aliphatic heterocycles. The molecule has 4 heteroatoms. The summed E-state index contributed by atoms with van der Waals surface area (Å²) in [4.78, 5) is 10.3. The maximum absolute atomic E-state index is 10.3. The van der Waals surface area contributed by atoms with Crippen LogP contribution >= 0.6 is 0 Å². The summed E-state index contributed by atoms with van der Waals surface area (Å²) in [5.41, 5.74) is 0. The molecule has 0 aromatic carbocycles. The monoisotopic (exact) mass is 135 g/mol. The van der Waals surface area contributed by atoms with Crippen LogP contribution in [0.3, 0.4) is 0 Å². The summed E-state index contributed by atoms with van der Waals surface area (Å²) in [5, 5.41) is 0. The highest BCUT2D eigenvalue weighted by atomic mass is 28.4. The van der Waals surface area contributed by atoms with Crippen molar-refractivity contribution in [2.75, 3.05) is 0 Å². The molecule has 0 aromatic heterocycles. The van der Waals surface area contributed by atoms with Gasteiger partial charge < -0.3 is 4.12 Å². The van der Waals surface area contributed by atoms with Gasteiger partial charge in [-0.2, -0.15) is 0 Å². The zero-order valence-corrected chi connectivity index (χ0v) is 7.28. The molecular weight excluding hydrogens is 124 g/mol. The molecular formula is C3H11O2Si2. The van der Waals surface area contributed by atoms with Gasteiger partial charge in [-0.05, 0) is 19.6 Å². The molecule has 0 saturated carbocycles. The fraction of sp³-hybridized carbons (Fsp3) is 1.00. The van der Waals surface area contributed by atoms with Crippen molar-refractivity contribution < 1.29 is 8.91 Å². The molecule has 0 bridgehead atoms. The normalized spacial score (nSPS) is 15.0. The van der Waals surface area contributed by atoms with Crippen molar-refractivity contribution in [3.05, 3.63) is 0 Å². The van der Waals surface area contributed by atoms with Crippen molar-refractivity contribution >= 4 is 18.3 Å². The molecule has 7 heavy (non-hydrogen) atoms. The van der Waals surface area contributed by atoms with Gasteiger partial charge in [0.2, 0.25) is 0 Å². The van der Waals surface area contributed by atoms with Crippen LogP contribution in [0.4, 0.5) is 0 Å². The predicted octanol–water partition coefficient (Wildman–Crippen LogP) is 0.267. The molecule has 0 aliphatic rings. The Morgan fingerprint density at radius 2 is 1.71 bits per heavy atom. The van der Waals surface area contributed by atoms with Gasteiger partial charge in [-0.3, -0.25) is 4.80 Å². The quantitative estimate of drug-likeness (QED) is 0.500. The van der Waals surface area contributed by atoms with Crippen LogP contribution in [0, 0.1) is 0 Å². The van der Waals surface area contributed by atoms with Gasteiger partial charge in [0.25, 0.3) is 0 Å². The molecule has 0 saturated heterocycles. The van der Waals surface area contributed by atoms with Gasteiger partial charge >= 0.3 is 9.28 Å². The minimum Gasteiger partial charge on any atom is -0.440 e. The lowest BCUT2D eigenvalue weighted by Crippen LogP contribution is -2.19. The molecule has 0 N–H and O–H groups in total. The molecule has 43 valence electrons. The van der Waals surface area contributed by atoms with Crippen molar-refractivity contribution in [1.29, 1.82) is 0 Å². The maximum Gasteiger partial charge on any atom is 0.345 e. The Labute approximate surface area is 47.7 Å². The Kier molecular flexibility index (Phi) is 3.54. The van der Waals surface area contributed by atoms with Crippen LogP contribution in [-0.2, 0) is 8.91 Å². The van der Waals surface area contributed by atoms with E-state index < -0.39 is 18.3 Å².